The summed E-state index contributed by atoms with van der Waals surface area (Å²) in [5, 5.41) is 2.50. The molecule has 2 heterocycles. The Bertz CT molecular complexity index is 475. The van der Waals surface area contributed by atoms with Crippen molar-refractivity contribution in [3.63, 3.8) is 0 Å². The van der Waals surface area contributed by atoms with E-state index in [0.717, 1.165) is 12.1 Å². The first kappa shape index (κ1) is 10.1. The van der Waals surface area contributed by atoms with Crippen LogP contribution in [0.25, 0.3) is 10.8 Å². The van der Waals surface area contributed by atoms with Crippen LogP contribution in [0.2, 0.25) is 0 Å². The number of aromatic nitrogens is 2. The van der Waals surface area contributed by atoms with E-state index in [1.807, 2.05) is 18.6 Å². The van der Waals surface area contributed by atoms with Gasteiger partial charge in [-0.3, -0.25) is 9.97 Å². The van der Waals surface area contributed by atoms with Crippen molar-refractivity contribution in [3.05, 3.63) is 35.9 Å². The Balaban J connectivity index is 2.77. The first-order chi connectivity index (χ1) is 7.24. The van der Waals surface area contributed by atoms with E-state index in [9.17, 15) is 0 Å². The lowest BCUT2D eigenvalue weighted by Crippen LogP contribution is -1.96. The van der Waals surface area contributed by atoms with Crippen molar-refractivity contribution in [1.82, 2.24) is 9.97 Å². The maximum absolute atomic E-state index is 4.52. The lowest BCUT2D eigenvalue weighted by Gasteiger charge is -2.11. The number of aryl methyl sites for hydroxylation is 1. The average molecular weight is 200 g/mol. The minimum Gasteiger partial charge on any atom is -0.264 e. The molecule has 0 aromatic carbocycles. The summed E-state index contributed by atoms with van der Waals surface area (Å²) < 4.78 is 0. The molecule has 0 unspecified atom stereocenters. The van der Waals surface area contributed by atoms with Gasteiger partial charge in [-0.05, 0) is 24.0 Å². The average Bonchev–Trinajstić information content (AvgIpc) is 2.27. The van der Waals surface area contributed by atoms with Crippen LogP contribution in [0.1, 0.15) is 37.9 Å². The van der Waals surface area contributed by atoms with Crippen LogP contribution in [0, 0.1) is 0 Å². The smallest absolute Gasteiger partial charge is 0.0480 e. The molecular formula is C13H16N2. The monoisotopic (exact) mass is 200 g/mol. The molecule has 78 valence electrons. The fourth-order valence-corrected chi connectivity index (χ4v) is 1.90. The van der Waals surface area contributed by atoms with Crippen LogP contribution in [0.4, 0.5) is 0 Å². The number of pyridine rings is 2. The number of hydrogen-bond donors (Lipinski definition) is 0. The predicted molar refractivity (Wildman–Crippen MR) is 63.0 cm³/mol. The van der Waals surface area contributed by atoms with Crippen molar-refractivity contribution in [3.8, 4) is 0 Å². The van der Waals surface area contributed by atoms with Gasteiger partial charge in [0.2, 0.25) is 0 Å². The van der Waals surface area contributed by atoms with Crippen molar-refractivity contribution in [1.29, 1.82) is 0 Å². The largest absolute Gasteiger partial charge is 0.264 e. The third kappa shape index (κ3) is 1.72. The Kier molecular flexibility index (Phi) is 2.67. The summed E-state index contributed by atoms with van der Waals surface area (Å²) in [5.41, 5.74) is 2.45. The van der Waals surface area contributed by atoms with Gasteiger partial charge in [0.05, 0.1) is 0 Å². The van der Waals surface area contributed by atoms with Crippen molar-refractivity contribution < 1.29 is 0 Å². The van der Waals surface area contributed by atoms with E-state index >= 15 is 0 Å². The second kappa shape index (κ2) is 3.97. The van der Waals surface area contributed by atoms with E-state index in [2.05, 4.69) is 36.8 Å². The van der Waals surface area contributed by atoms with Gasteiger partial charge in [0.1, 0.15) is 0 Å². The zero-order valence-electron chi connectivity index (χ0n) is 9.49. The molecule has 2 aromatic rings. The van der Waals surface area contributed by atoms with E-state index in [4.69, 9.17) is 0 Å². The molecule has 0 fully saturated rings. The lowest BCUT2D eigenvalue weighted by molar-refractivity contribution is 0.863. The van der Waals surface area contributed by atoms with Crippen LogP contribution >= 0.6 is 0 Å². The van der Waals surface area contributed by atoms with Gasteiger partial charge in [0.25, 0.3) is 0 Å². The first-order valence-electron chi connectivity index (χ1n) is 5.45. The second-order valence-electron chi connectivity index (χ2n) is 4.09. The van der Waals surface area contributed by atoms with E-state index in [1.165, 1.54) is 16.3 Å². The highest BCUT2D eigenvalue weighted by Gasteiger charge is 2.08. The molecule has 2 heteroatoms. The molecule has 0 saturated heterocycles. The summed E-state index contributed by atoms with van der Waals surface area (Å²) in [6.45, 7) is 6.52. The quantitative estimate of drug-likeness (QED) is 0.743. The minimum atomic E-state index is 0.495. The van der Waals surface area contributed by atoms with E-state index < -0.39 is 0 Å². The summed E-state index contributed by atoms with van der Waals surface area (Å²) >= 11 is 0. The van der Waals surface area contributed by atoms with Crippen molar-refractivity contribution in [2.75, 3.05) is 0 Å². The molecule has 0 radical (unpaired) electrons. The molecule has 0 aliphatic rings. The Morgan fingerprint density at radius 1 is 1.20 bits per heavy atom. The third-order valence-corrected chi connectivity index (χ3v) is 2.76. The first-order valence-corrected chi connectivity index (χ1v) is 5.45. The van der Waals surface area contributed by atoms with Gasteiger partial charge in [-0.25, -0.2) is 0 Å². The molecule has 0 aliphatic carbocycles. The van der Waals surface area contributed by atoms with Crippen LogP contribution in [0.15, 0.2) is 24.7 Å². The molecule has 0 bridgehead atoms. The summed E-state index contributed by atoms with van der Waals surface area (Å²) in [4.78, 5) is 8.72. The highest BCUT2D eigenvalue weighted by Crippen LogP contribution is 2.25. The summed E-state index contributed by atoms with van der Waals surface area (Å²) in [5.74, 6) is 0.495. The SMILES string of the molecule is CCc1ncc(C(C)C)c2cnccc12. The fraction of sp³-hybridized carbons (Fsp3) is 0.385. The van der Waals surface area contributed by atoms with Crippen molar-refractivity contribution in [2.45, 2.75) is 33.1 Å². The molecule has 2 nitrogen and oxygen atoms in total. The van der Waals surface area contributed by atoms with Gasteiger partial charge in [0, 0.05) is 35.1 Å². The molecule has 0 N–H and O–H groups in total. The fourth-order valence-electron chi connectivity index (χ4n) is 1.90. The molecule has 0 atom stereocenters. The van der Waals surface area contributed by atoms with Gasteiger partial charge < -0.3 is 0 Å². The van der Waals surface area contributed by atoms with E-state index in [1.54, 1.807) is 0 Å². The molecule has 2 aromatic heterocycles. The summed E-state index contributed by atoms with van der Waals surface area (Å²) in [6, 6.07) is 2.06. The number of hydrogen-bond acceptors (Lipinski definition) is 2. The van der Waals surface area contributed by atoms with Crippen molar-refractivity contribution in [2.24, 2.45) is 0 Å². The van der Waals surface area contributed by atoms with E-state index in [0.29, 0.717) is 5.92 Å². The normalized spacial score (nSPS) is 11.2. The van der Waals surface area contributed by atoms with Crippen LogP contribution in [-0.2, 0) is 6.42 Å². The maximum Gasteiger partial charge on any atom is 0.0480 e. The number of nitrogens with zero attached hydrogens (tertiary/aromatic N) is 2. The molecule has 2 rings (SSSR count). The molecule has 15 heavy (non-hydrogen) atoms. The lowest BCUT2D eigenvalue weighted by atomic mass is 9.98. The summed E-state index contributed by atoms with van der Waals surface area (Å²) in [7, 11) is 0. The van der Waals surface area contributed by atoms with Crippen LogP contribution in [0.3, 0.4) is 0 Å². The van der Waals surface area contributed by atoms with E-state index in [-0.39, 0.29) is 0 Å². The van der Waals surface area contributed by atoms with Gasteiger partial charge in [-0.15, -0.1) is 0 Å². The molecule has 0 aliphatic heterocycles. The zero-order chi connectivity index (χ0) is 10.8. The zero-order valence-corrected chi connectivity index (χ0v) is 9.49. The summed E-state index contributed by atoms with van der Waals surface area (Å²) in [6.07, 6.45) is 6.76. The highest BCUT2D eigenvalue weighted by atomic mass is 14.7. The second-order valence-corrected chi connectivity index (χ2v) is 4.09. The predicted octanol–water partition coefficient (Wildman–Crippen LogP) is 3.32. The molecule has 0 spiro atoms. The Labute approximate surface area is 90.4 Å². The Morgan fingerprint density at radius 2 is 2.00 bits per heavy atom. The van der Waals surface area contributed by atoms with Gasteiger partial charge in [-0.2, -0.15) is 0 Å². The van der Waals surface area contributed by atoms with Crippen LogP contribution < -0.4 is 0 Å². The Hall–Kier alpha value is -1.44. The maximum atomic E-state index is 4.52. The standard InChI is InChI=1S/C13H16N2/c1-4-13-10-5-6-14-7-12(10)11(8-15-13)9(2)3/h5-9H,4H2,1-3H3. The highest BCUT2D eigenvalue weighted by molar-refractivity contribution is 5.86. The Morgan fingerprint density at radius 3 is 2.67 bits per heavy atom. The molecule has 0 saturated carbocycles. The number of rotatable bonds is 2. The van der Waals surface area contributed by atoms with Gasteiger partial charge >= 0.3 is 0 Å². The van der Waals surface area contributed by atoms with Crippen molar-refractivity contribution >= 4 is 10.8 Å². The van der Waals surface area contributed by atoms with Gasteiger partial charge in [0.15, 0.2) is 0 Å². The van der Waals surface area contributed by atoms with Gasteiger partial charge in [-0.1, -0.05) is 20.8 Å². The third-order valence-electron chi connectivity index (χ3n) is 2.76. The number of fused-ring (bicyclic) bond motifs is 1. The topological polar surface area (TPSA) is 25.8 Å². The minimum absolute atomic E-state index is 0.495. The molecule has 0 amide bonds. The molecular weight excluding hydrogens is 184 g/mol. The van der Waals surface area contributed by atoms with Crippen LogP contribution in [-0.4, -0.2) is 9.97 Å². The van der Waals surface area contributed by atoms with Crippen LogP contribution in [0.5, 0.6) is 0 Å².